The Morgan fingerprint density at radius 2 is 2.19 bits per heavy atom. The minimum absolute atomic E-state index is 0.112. The van der Waals surface area contributed by atoms with Crippen molar-refractivity contribution in [1.82, 2.24) is 20.2 Å². The van der Waals surface area contributed by atoms with Gasteiger partial charge in [-0.25, -0.2) is 9.78 Å². The summed E-state index contributed by atoms with van der Waals surface area (Å²) in [6, 6.07) is 9.39. The van der Waals surface area contributed by atoms with Gasteiger partial charge in [-0.05, 0) is 38.1 Å². The van der Waals surface area contributed by atoms with Gasteiger partial charge >= 0.3 is 6.03 Å². The highest BCUT2D eigenvalue weighted by Gasteiger charge is 2.13. The highest BCUT2D eigenvalue weighted by atomic mass is 16.5. The number of carbonyl (C=O) groups is 1. The molecule has 138 valence electrons. The summed E-state index contributed by atoms with van der Waals surface area (Å²) < 4.78 is 10.8. The number of ether oxygens (including phenoxy) is 1. The van der Waals surface area contributed by atoms with Crippen LogP contribution in [0.1, 0.15) is 24.3 Å². The lowest BCUT2D eigenvalue weighted by Crippen LogP contribution is -2.40. The summed E-state index contributed by atoms with van der Waals surface area (Å²) in [5, 5.41) is 2.94. The number of rotatable bonds is 7. The molecule has 0 spiro atoms. The fourth-order valence-corrected chi connectivity index (χ4v) is 2.77. The molecule has 1 aromatic carbocycles. The zero-order chi connectivity index (χ0) is 18.5. The summed E-state index contributed by atoms with van der Waals surface area (Å²) in [5.41, 5.74) is 1.81. The van der Waals surface area contributed by atoms with Gasteiger partial charge in [-0.2, -0.15) is 0 Å². The summed E-state index contributed by atoms with van der Waals surface area (Å²) in [6.07, 6.45) is 0.625. The number of furan rings is 1. The summed E-state index contributed by atoms with van der Waals surface area (Å²) in [6.45, 7) is 5.41. The number of fused-ring (bicyclic) bond motifs is 1. The van der Waals surface area contributed by atoms with Gasteiger partial charge in [0.1, 0.15) is 23.1 Å². The van der Waals surface area contributed by atoms with Crippen LogP contribution in [-0.4, -0.2) is 41.1 Å². The average molecular weight is 356 g/mol. The second kappa shape index (κ2) is 7.95. The van der Waals surface area contributed by atoms with Gasteiger partial charge in [0.15, 0.2) is 0 Å². The third-order valence-electron chi connectivity index (χ3n) is 4.19. The van der Waals surface area contributed by atoms with Crippen LogP contribution in [-0.2, 0) is 13.0 Å². The predicted molar refractivity (Wildman–Crippen MR) is 99.3 cm³/mol. The normalized spacial score (nSPS) is 10.9. The molecule has 2 heterocycles. The van der Waals surface area contributed by atoms with Gasteiger partial charge in [0, 0.05) is 25.6 Å². The molecule has 0 aliphatic rings. The summed E-state index contributed by atoms with van der Waals surface area (Å²) in [4.78, 5) is 21.9. The van der Waals surface area contributed by atoms with Gasteiger partial charge in [0.25, 0.3) is 0 Å². The largest absolute Gasteiger partial charge is 0.497 e. The van der Waals surface area contributed by atoms with E-state index in [2.05, 4.69) is 15.3 Å². The zero-order valence-corrected chi connectivity index (χ0v) is 15.3. The maximum absolute atomic E-state index is 12.4. The van der Waals surface area contributed by atoms with Crippen LogP contribution in [0.3, 0.4) is 0 Å². The Balaban J connectivity index is 1.53. The highest BCUT2D eigenvalue weighted by molar-refractivity contribution is 5.77. The van der Waals surface area contributed by atoms with Crippen LogP contribution in [0.15, 0.2) is 34.7 Å². The Morgan fingerprint density at radius 1 is 1.35 bits per heavy atom. The van der Waals surface area contributed by atoms with E-state index in [1.165, 1.54) is 0 Å². The Morgan fingerprint density at radius 3 is 2.88 bits per heavy atom. The maximum Gasteiger partial charge on any atom is 0.317 e. The van der Waals surface area contributed by atoms with Gasteiger partial charge in [-0.15, -0.1) is 0 Å². The number of imidazole rings is 1. The molecule has 0 bridgehead atoms. The minimum atomic E-state index is -0.112. The summed E-state index contributed by atoms with van der Waals surface area (Å²) in [7, 11) is 1.64. The van der Waals surface area contributed by atoms with E-state index in [4.69, 9.17) is 9.15 Å². The third-order valence-corrected chi connectivity index (χ3v) is 4.19. The number of aryl methyl sites for hydroxylation is 1. The molecule has 0 aliphatic heterocycles. The lowest BCUT2D eigenvalue weighted by molar-refractivity contribution is 0.193. The first-order valence-electron chi connectivity index (χ1n) is 8.69. The lowest BCUT2D eigenvalue weighted by atomic mass is 10.3. The van der Waals surface area contributed by atoms with Gasteiger partial charge in [-0.3, -0.25) is 0 Å². The molecule has 0 unspecified atom stereocenters. The molecule has 2 aromatic heterocycles. The first-order valence-corrected chi connectivity index (χ1v) is 8.69. The average Bonchev–Trinajstić information content (AvgIpc) is 3.24. The third kappa shape index (κ3) is 4.17. The molecule has 3 rings (SSSR count). The Kier molecular flexibility index (Phi) is 5.46. The second-order valence-electron chi connectivity index (χ2n) is 6.08. The monoisotopic (exact) mass is 356 g/mol. The van der Waals surface area contributed by atoms with Crippen molar-refractivity contribution in [2.24, 2.45) is 0 Å². The van der Waals surface area contributed by atoms with Gasteiger partial charge in [-0.1, -0.05) is 0 Å². The summed E-state index contributed by atoms with van der Waals surface area (Å²) >= 11 is 0. The number of benzene rings is 1. The van der Waals surface area contributed by atoms with E-state index in [-0.39, 0.29) is 6.03 Å². The molecule has 0 atom stereocenters. The molecular weight excluding hydrogens is 332 g/mol. The molecular formula is C19H24N4O3. The molecule has 2 amide bonds. The van der Waals surface area contributed by atoms with Crippen LogP contribution in [0.2, 0.25) is 0 Å². The fourth-order valence-electron chi connectivity index (χ4n) is 2.77. The number of amides is 2. The van der Waals surface area contributed by atoms with Crippen molar-refractivity contribution in [2.45, 2.75) is 26.8 Å². The number of carbonyl (C=O) groups excluding carboxylic acids is 1. The van der Waals surface area contributed by atoms with E-state index in [0.717, 1.165) is 34.1 Å². The first-order chi connectivity index (χ1) is 12.6. The van der Waals surface area contributed by atoms with Crippen LogP contribution < -0.4 is 10.1 Å². The molecule has 26 heavy (non-hydrogen) atoms. The zero-order valence-electron chi connectivity index (χ0n) is 15.3. The number of hydrogen-bond donors (Lipinski definition) is 2. The van der Waals surface area contributed by atoms with E-state index in [1.807, 2.05) is 44.2 Å². The van der Waals surface area contributed by atoms with Crippen molar-refractivity contribution in [3.8, 4) is 5.75 Å². The Hall–Kier alpha value is -2.96. The van der Waals surface area contributed by atoms with Crippen LogP contribution in [0.25, 0.3) is 11.0 Å². The number of methoxy groups -OCH3 is 1. The summed E-state index contributed by atoms with van der Waals surface area (Å²) in [5.74, 6) is 3.25. The smallest absolute Gasteiger partial charge is 0.317 e. The van der Waals surface area contributed by atoms with Crippen molar-refractivity contribution in [2.75, 3.05) is 20.2 Å². The van der Waals surface area contributed by atoms with E-state index in [1.54, 1.807) is 12.0 Å². The van der Waals surface area contributed by atoms with E-state index in [9.17, 15) is 4.79 Å². The highest BCUT2D eigenvalue weighted by Crippen LogP contribution is 2.18. The van der Waals surface area contributed by atoms with Crippen LogP contribution in [0.5, 0.6) is 5.75 Å². The Bertz CT molecular complexity index is 884. The lowest BCUT2D eigenvalue weighted by Gasteiger charge is -2.20. The number of aromatic amines is 1. The van der Waals surface area contributed by atoms with Crippen molar-refractivity contribution >= 4 is 17.1 Å². The number of aromatic nitrogens is 2. The number of urea groups is 1. The second-order valence-corrected chi connectivity index (χ2v) is 6.08. The number of hydrogen-bond acceptors (Lipinski definition) is 4. The quantitative estimate of drug-likeness (QED) is 0.681. The van der Waals surface area contributed by atoms with Gasteiger partial charge in [0.05, 0.1) is 24.7 Å². The minimum Gasteiger partial charge on any atom is -0.497 e. The van der Waals surface area contributed by atoms with Crippen molar-refractivity contribution in [1.29, 1.82) is 0 Å². The number of H-pyrrole nitrogens is 1. The molecule has 7 nitrogen and oxygen atoms in total. The van der Waals surface area contributed by atoms with Crippen molar-refractivity contribution in [3.05, 3.63) is 47.7 Å². The van der Waals surface area contributed by atoms with Gasteiger partial charge < -0.3 is 24.4 Å². The fraction of sp³-hybridized carbons (Fsp3) is 0.368. The molecule has 0 fully saturated rings. The van der Waals surface area contributed by atoms with Crippen molar-refractivity contribution in [3.63, 3.8) is 0 Å². The van der Waals surface area contributed by atoms with E-state index in [0.29, 0.717) is 26.1 Å². The van der Waals surface area contributed by atoms with E-state index < -0.39 is 0 Å². The van der Waals surface area contributed by atoms with Gasteiger partial charge in [0.2, 0.25) is 0 Å². The Labute approximate surface area is 152 Å². The molecule has 7 heteroatoms. The van der Waals surface area contributed by atoms with E-state index >= 15 is 0 Å². The number of nitrogens with zero attached hydrogens (tertiary/aromatic N) is 2. The molecule has 0 saturated carbocycles. The molecule has 0 aliphatic carbocycles. The van der Waals surface area contributed by atoms with Crippen LogP contribution in [0.4, 0.5) is 4.79 Å². The maximum atomic E-state index is 12.4. The first kappa shape index (κ1) is 17.8. The SMILES string of the molecule is CCN(Cc1ccc(C)o1)C(=O)NCCc1nc2ccc(OC)cc2[nH]1. The topological polar surface area (TPSA) is 83.4 Å². The molecule has 0 radical (unpaired) electrons. The standard InChI is InChI=1S/C19H24N4O3/c1-4-23(12-15-6-5-13(2)26-15)19(24)20-10-9-18-21-16-8-7-14(25-3)11-17(16)22-18/h5-8,11H,4,9-10,12H2,1-3H3,(H,20,24)(H,21,22). The molecule has 2 N–H and O–H groups in total. The molecule has 0 saturated heterocycles. The van der Waals surface area contributed by atoms with Crippen molar-refractivity contribution < 1.29 is 13.9 Å². The van der Waals surface area contributed by atoms with Crippen LogP contribution >= 0.6 is 0 Å². The predicted octanol–water partition coefficient (Wildman–Crippen LogP) is 3.25. The number of nitrogens with one attached hydrogen (secondary N) is 2. The van der Waals surface area contributed by atoms with Crippen LogP contribution in [0, 0.1) is 6.92 Å². The molecule has 3 aromatic rings.